The van der Waals surface area contributed by atoms with Crippen molar-refractivity contribution in [3.05, 3.63) is 132 Å². The first kappa shape index (κ1) is 43.0. The Morgan fingerprint density at radius 2 is 1.60 bits per heavy atom. The van der Waals surface area contributed by atoms with Gasteiger partial charge in [0.25, 0.3) is 11.8 Å². The van der Waals surface area contributed by atoms with Gasteiger partial charge in [0.15, 0.2) is 9.05 Å². The Kier molecular flexibility index (Phi) is 15.5. The average molecular weight is 925 g/mol. The molecule has 6 aromatic rings. The molecule has 0 unspecified atom stereocenters. The molecule has 0 aliphatic carbocycles. The number of methoxy groups -OCH3 is 1. The van der Waals surface area contributed by atoms with Crippen LogP contribution in [0.1, 0.15) is 36.0 Å². The highest BCUT2D eigenvalue weighted by atomic mass is 79.9. The van der Waals surface area contributed by atoms with Gasteiger partial charge in [-0.05, 0) is 82.9 Å². The summed E-state index contributed by atoms with van der Waals surface area (Å²) < 4.78 is 11.3. The minimum absolute atomic E-state index is 0.146. The van der Waals surface area contributed by atoms with E-state index >= 15 is 0 Å². The van der Waals surface area contributed by atoms with Gasteiger partial charge < -0.3 is 30.3 Å². The van der Waals surface area contributed by atoms with E-state index in [9.17, 15) is 9.59 Å². The quantitative estimate of drug-likeness (QED) is 0.103. The number of halogens is 3. The van der Waals surface area contributed by atoms with Crippen molar-refractivity contribution in [2.75, 3.05) is 67.4 Å². The van der Waals surface area contributed by atoms with Crippen molar-refractivity contribution in [2.24, 2.45) is 0 Å². The van der Waals surface area contributed by atoms with Gasteiger partial charge in [0.05, 0.1) is 60.7 Å². The van der Waals surface area contributed by atoms with Crippen molar-refractivity contribution in [1.82, 2.24) is 19.9 Å². The van der Waals surface area contributed by atoms with Crippen LogP contribution in [-0.4, -0.2) is 78.2 Å². The highest BCUT2D eigenvalue weighted by Crippen LogP contribution is 2.34. The van der Waals surface area contributed by atoms with Gasteiger partial charge in [-0.2, -0.15) is 0 Å². The maximum atomic E-state index is 13.2. The number of rotatable bonds is 13. The van der Waals surface area contributed by atoms with E-state index in [0.717, 1.165) is 67.7 Å². The zero-order valence-corrected chi connectivity index (χ0v) is 36.7. The third-order valence-corrected chi connectivity index (χ3v) is 11.9. The number of nitrogens with one attached hydrogen (secondary N) is 3. The molecule has 58 heavy (non-hydrogen) atoms. The molecule has 3 N–H and O–H groups in total. The Bertz CT molecular complexity index is 2300. The summed E-state index contributed by atoms with van der Waals surface area (Å²) in [5.74, 6) is 1.79. The summed E-state index contributed by atoms with van der Waals surface area (Å²) in [5, 5.41) is 11.0. The van der Waals surface area contributed by atoms with E-state index in [4.69, 9.17) is 32.7 Å². The van der Waals surface area contributed by atoms with Crippen LogP contribution in [0.15, 0.2) is 95.2 Å². The normalized spacial score (nSPS) is 12.6. The fourth-order valence-corrected chi connectivity index (χ4v) is 8.46. The lowest BCUT2D eigenvalue weighted by Gasteiger charge is -2.26. The van der Waals surface area contributed by atoms with Crippen LogP contribution in [0.2, 0.25) is 10.0 Å². The number of morpholine rings is 1. The van der Waals surface area contributed by atoms with Gasteiger partial charge in [0, 0.05) is 26.2 Å². The number of ether oxygens (including phenoxy) is 2. The summed E-state index contributed by atoms with van der Waals surface area (Å²) in [6.45, 7) is 9.48. The zero-order chi connectivity index (χ0) is 41.0. The van der Waals surface area contributed by atoms with E-state index in [1.165, 1.54) is 22.7 Å². The number of hydrogen-bond donors (Lipinski definition) is 3. The molecule has 0 atom stereocenters. The number of carbonyl (C=O) groups is 2. The third-order valence-electron chi connectivity index (χ3n) is 8.88. The van der Waals surface area contributed by atoms with Crippen molar-refractivity contribution in [3.8, 4) is 5.75 Å². The van der Waals surface area contributed by atoms with Crippen LogP contribution in [0.4, 0.5) is 28.1 Å². The number of aryl methyl sites for hydroxylation is 2. The highest BCUT2D eigenvalue weighted by molar-refractivity contribution is 9.11. The lowest BCUT2D eigenvalue weighted by Crippen LogP contribution is -2.39. The number of thiazole rings is 2. The SMILES string of the molecule is COc1cccc(CN(C(=O)c2cnc(Br)s2)c2c(C)cccc2Cl)c1.Cc1cccc(Cl)c1NC(=O)c1cnc(Nc2cccc(NCCN3CCOCC3)n2)s1. The maximum absolute atomic E-state index is 13.2. The molecule has 17 heteroatoms. The molecule has 1 saturated heterocycles. The molecule has 0 saturated carbocycles. The average Bonchev–Trinajstić information content (AvgIpc) is 3.88. The molecule has 3 aromatic heterocycles. The monoisotopic (exact) mass is 922 g/mol. The van der Waals surface area contributed by atoms with Gasteiger partial charge >= 0.3 is 0 Å². The summed E-state index contributed by atoms with van der Waals surface area (Å²) in [4.78, 5) is 43.9. The number of pyridine rings is 1. The van der Waals surface area contributed by atoms with Crippen molar-refractivity contribution >= 4 is 102 Å². The first-order valence-corrected chi connectivity index (χ1v) is 21.4. The number of anilines is 5. The van der Waals surface area contributed by atoms with Crippen LogP contribution in [0.3, 0.4) is 0 Å². The Hall–Kier alpha value is -4.61. The second kappa shape index (κ2) is 20.9. The molecular weight excluding hydrogens is 883 g/mol. The van der Waals surface area contributed by atoms with E-state index in [1.807, 2.05) is 80.6 Å². The van der Waals surface area contributed by atoms with Crippen LogP contribution >= 0.6 is 61.8 Å². The highest BCUT2D eigenvalue weighted by Gasteiger charge is 2.24. The first-order valence-electron chi connectivity index (χ1n) is 18.2. The predicted molar refractivity (Wildman–Crippen MR) is 239 cm³/mol. The predicted octanol–water partition coefficient (Wildman–Crippen LogP) is 9.96. The number of aromatic nitrogens is 3. The summed E-state index contributed by atoms with van der Waals surface area (Å²) in [5.41, 5.74) is 4.08. The summed E-state index contributed by atoms with van der Waals surface area (Å²) >= 11 is 18.5. The summed E-state index contributed by atoms with van der Waals surface area (Å²) in [6.07, 6.45) is 3.11. The lowest BCUT2D eigenvalue weighted by atomic mass is 10.1. The molecule has 0 bridgehead atoms. The molecule has 1 aliphatic rings. The second-order valence-corrected chi connectivity index (χ2v) is 17.1. The molecule has 0 spiro atoms. The fraction of sp³-hybridized carbons (Fsp3) is 0.244. The van der Waals surface area contributed by atoms with Gasteiger partial charge in [-0.1, -0.05) is 77.0 Å². The van der Waals surface area contributed by atoms with E-state index in [1.54, 1.807) is 36.5 Å². The number of amides is 2. The van der Waals surface area contributed by atoms with Gasteiger partial charge in [-0.15, -0.1) is 11.3 Å². The number of para-hydroxylation sites is 2. The molecule has 12 nitrogen and oxygen atoms in total. The van der Waals surface area contributed by atoms with Crippen LogP contribution < -0.4 is 25.6 Å². The largest absolute Gasteiger partial charge is 0.497 e. The van der Waals surface area contributed by atoms with Crippen LogP contribution in [0, 0.1) is 13.8 Å². The van der Waals surface area contributed by atoms with E-state index in [2.05, 4.69) is 51.7 Å². The van der Waals surface area contributed by atoms with Crippen molar-refractivity contribution in [1.29, 1.82) is 0 Å². The molecule has 1 fully saturated rings. The third kappa shape index (κ3) is 11.7. The molecular formula is C41H41BrCl2N8O4S2. The molecule has 0 radical (unpaired) electrons. The molecule has 302 valence electrons. The Balaban J connectivity index is 0.000000200. The topological polar surface area (TPSA) is 134 Å². The molecule has 2 amide bonds. The van der Waals surface area contributed by atoms with Crippen molar-refractivity contribution < 1.29 is 19.1 Å². The van der Waals surface area contributed by atoms with E-state index < -0.39 is 0 Å². The zero-order valence-electron chi connectivity index (χ0n) is 31.9. The number of nitrogens with zero attached hydrogens (tertiary/aromatic N) is 5. The maximum Gasteiger partial charge on any atom is 0.270 e. The van der Waals surface area contributed by atoms with Gasteiger partial charge in [-0.25, -0.2) is 15.0 Å². The number of carbonyl (C=O) groups excluding carboxylic acids is 2. The van der Waals surface area contributed by atoms with Crippen LogP contribution in [-0.2, 0) is 11.3 Å². The van der Waals surface area contributed by atoms with Gasteiger partial charge in [-0.3, -0.25) is 14.5 Å². The van der Waals surface area contributed by atoms with Gasteiger partial charge in [0.1, 0.15) is 27.1 Å². The first-order chi connectivity index (χ1) is 28.1. The molecule has 1 aliphatic heterocycles. The summed E-state index contributed by atoms with van der Waals surface area (Å²) in [7, 11) is 1.62. The van der Waals surface area contributed by atoms with E-state index in [-0.39, 0.29) is 11.8 Å². The molecule has 7 rings (SSSR count). The van der Waals surface area contributed by atoms with E-state index in [0.29, 0.717) is 52.6 Å². The standard InChI is InChI=1S/C22H25ClN6O2S.C19H16BrClN2O2S/c1-15-4-2-5-16(23)20(15)28-21(30)17-14-25-22(32-17)27-19-7-3-6-18(26-19)24-8-9-29-10-12-31-13-11-29;1-12-5-3-8-15(21)17(12)23(18(24)16-10-22-19(20)26-16)11-13-6-4-7-14(9-13)25-2/h2-7,14H,8-13H2,1H3,(H,28,30)(H2,24,25,26,27);3-10H,11H2,1-2H3. The second-order valence-electron chi connectivity index (χ2n) is 13.0. The minimum Gasteiger partial charge on any atom is -0.497 e. The Morgan fingerprint density at radius 1 is 0.897 bits per heavy atom. The van der Waals surface area contributed by atoms with Gasteiger partial charge in [0.2, 0.25) is 0 Å². The smallest absolute Gasteiger partial charge is 0.270 e. The minimum atomic E-state index is -0.252. The molecule has 4 heterocycles. The van der Waals surface area contributed by atoms with Crippen LogP contribution in [0.5, 0.6) is 5.75 Å². The van der Waals surface area contributed by atoms with Crippen molar-refractivity contribution in [2.45, 2.75) is 20.4 Å². The Morgan fingerprint density at radius 3 is 2.33 bits per heavy atom. The number of benzene rings is 3. The lowest BCUT2D eigenvalue weighted by molar-refractivity contribution is 0.0398. The Labute approximate surface area is 363 Å². The molecule has 3 aromatic carbocycles. The fourth-order valence-electron chi connectivity index (χ4n) is 5.94. The number of hydrogen-bond acceptors (Lipinski definition) is 12. The summed E-state index contributed by atoms with van der Waals surface area (Å²) in [6, 6.07) is 24.5. The van der Waals surface area contributed by atoms with Crippen LogP contribution in [0.25, 0.3) is 0 Å². The van der Waals surface area contributed by atoms with Crippen molar-refractivity contribution in [3.63, 3.8) is 0 Å².